The molecule has 0 bridgehead atoms. The third kappa shape index (κ3) is 5.80. The van der Waals surface area contributed by atoms with Crippen LogP contribution in [0.4, 0.5) is 0 Å². The van der Waals surface area contributed by atoms with Gasteiger partial charge in [0.15, 0.2) is 0 Å². The SMILES string of the molecule is Cc1cccc(C(=O)NCCc2nc3ccccc3n2CCCCOc2ccccc2C)c1. The van der Waals surface area contributed by atoms with E-state index in [1.54, 1.807) is 0 Å². The number of nitrogens with one attached hydrogen (secondary N) is 1. The standard InChI is InChI=1S/C28H31N3O2/c1-21-10-9-12-23(20-21)28(32)29-17-16-27-30-24-13-4-5-14-25(24)31(27)18-7-8-19-33-26-15-6-3-11-22(26)2/h3-6,9-15,20H,7-8,16-19H2,1-2H3,(H,29,32). The number of imidazole rings is 1. The Hall–Kier alpha value is -3.60. The Morgan fingerprint density at radius 1 is 0.970 bits per heavy atom. The molecule has 0 fully saturated rings. The zero-order chi connectivity index (χ0) is 23.0. The van der Waals surface area contributed by atoms with Gasteiger partial charge in [-0.25, -0.2) is 4.98 Å². The second-order valence-corrected chi connectivity index (χ2v) is 8.36. The summed E-state index contributed by atoms with van der Waals surface area (Å²) < 4.78 is 8.22. The minimum atomic E-state index is -0.0466. The van der Waals surface area contributed by atoms with Crippen LogP contribution in [0.1, 0.15) is 40.2 Å². The highest BCUT2D eigenvalue weighted by Gasteiger charge is 2.11. The number of rotatable bonds is 10. The van der Waals surface area contributed by atoms with Crippen LogP contribution in [0.25, 0.3) is 11.0 Å². The van der Waals surface area contributed by atoms with Crippen LogP contribution in [-0.2, 0) is 13.0 Å². The first-order chi connectivity index (χ1) is 16.1. The van der Waals surface area contributed by atoms with Gasteiger partial charge in [0.05, 0.1) is 17.6 Å². The van der Waals surface area contributed by atoms with Gasteiger partial charge in [-0.05, 0) is 62.6 Å². The summed E-state index contributed by atoms with van der Waals surface area (Å²) in [5, 5.41) is 3.03. The first-order valence-electron chi connectivity index (χ1n) is 11.6. The van der Waals surface area contributed by atoms with Gasteiger partial charge in [0, 0.05) is 25.1 Å². The second kappa shape index (κ2) is 10.8. The third-order valence-electron chi connectivity index (χ3n) is 5.78. The Morgan fingerprint density at radius 2 is 1.79 bits per heavy atom. The number of amides is 1. The number of nitrogens with zero attached hydrogens (tertiary/aromatic N) is 2. The number of aryl methyl sites for hydroxylation is 3. The summed E-state index contributed by atoms with van der Waals surface area (Å²) in [4.78, 5) is 17.3. The maximum Gasteiger partial charge on any atom is 0.251 e. The minimum absolute atomic E-state index is 0.0466. The van der Waals surface area contributed by atoms with Crippen LogP contribution in [0.15, 0.2) is 72.8 Å². The van der Waals surface area contributed by atoms with E-state index in [0.29, 0.717) is 25.1 Å². The zero-order valence-corrected chi connectivity index (χ0v) is 19.4. The molecule has 0 aliphatic rings. The van der Waals surface area contributed by atoms with Crippen molar-refractivity contribution in [3.63, 3.8) is 0 Å². The Kier molecular flexibility index (Phi) is 7.40. The average Bonchev–Trinajstić information content (AvgIpc) is 3.17. The molecule has 0 aliphatic carbocycles. The largest absolute Gasteiger partial charge is 0.493 e. The average molecular weight is 442 g/mol. The summed E-state index contributed by atoms with van der Waals surface area (Å²) in [5.41, 5.74) is 5.06. The van der Waals surface area contributed by atoms with E-state index in [2.05, 4.69) is 28.9 Å². The van der Waals surface area contributed by atoms with Gasteiger partial charge in [0.1, 0.15) is 11.6 Å². The van der Waals surface area contributed by atoms with Crippen molar-refractivity contribution in [2.75, 3.05) is 13.2 Å². The van der Waals surface area contributed by atoms with Crippen LogP contribution in [-0.4, -0.2) is 28.6 Å². The second-order valence-electron chi connectivity index (χ2n) is 8.36. The van der Waals surface area contributed by atoms with E-state index in [1.165, 1.54) is 0 Å². The zero-order valence-electron chi connectivity index (χ0n) is 19.4. The summed E-state index contributed by atoms with van der Waals surface area (Å²) in [6.07, 6.45) is 2.64. The predicted octanol–water partition coefficient (Wildman–Crippen LogP) is 5.48. The number of hydrogen-bond donors (Lipinski definition) is 1. The highest BCUT2D eigenvalue weighted by Crippen LogP contribution is 2.19. The number of fused-ring (bicyclic) bond motifs is 1. The number of hydrogen-bond acceptors (Lipinski definition) is 3. The monoisotopic (exact) mass is 441 g/mol. The van der Waals surface area contributed by atoms with Gasteiger partial charge < -0.3 is 14.6 Å². The molecular weight excluding hydrogens is 410 g/mol. The molecule has 1 amide bonds. The smallest absolute Gasteiger partial charge is 0.251 e. The Morgan fingerprint density at radius 3 is 2.64 bits per heavy atom. The van der Waals surface area contributed by atoms with Crippen LogP contribution < -0.4 is 10.1 Å². The van der Waals surface area contributed by atoms with Crippen molar-refractivity contribution in [2.24, 2.45) is 0 Å². The number of unbranched alkanes of at least 4 members (excludes halogenated alkanes) is 1. The Labute approximate surface area is 195 Å². The minimum Gasteiger partial charge on any atom is -0.493 e. The van der Waals surface area contributed by atoms with Gasteiger partial charge in [0.2, 0.25) is 0 Å². The molecular formula is C28H31N3O2. The van der Waals surface area contributed by atoms with Gasteiger partial charge in [-0.3, -0.25) is 4.79 Å². The fraction of sp³-hybridized carbons (Fsp3) is 0.286. The summed E-state index contributed by atoms with van der Waals surface area (Å²) >= 11 is 0. The first-order valence-corrected chi connectivity index (χ1v) is 11.6. The van der Waals surface area contributed by atoms with Crippen LogP contribution in [0, 0.1) is 13.8 Å². The van der Waals surface area contributed by atoms with Gasteiger partial charge in [-0.15, -0.1) is 0 Å². The summed E-state index contributed by atoms with van der Waals surface area (Å²) in [6, 6.07) is 24.0. The van der Waals surface area contributed by atoms with Crippen molar-refractivity contribution in [3.8, 4) is 5.75 Å². The van der Waals surface area contributed by atoms with E-state index in [4.69, 9.17) is 9.72 Å². The molecule has 1 heterocycles. The van der Waals surface area contributed by atoms with Gasteiger partial charge >= 0.3 is 0 Å². The third-order valence-corrected chi connectivity index (χ3v) is 5.78. The van der Waals surface area contributed by atoms with E-state index in [-0.39, 0.29) is 5.91 Å². The molecule has 3 aromatic carbocycles. The fourth-order valence-electron chi connectivity index (χ4n) is 4.01. The molecule has 1 aromatic heterocycles. The van der Waals surface area contributed by atoms with Gasteiger partial charge in [0.25, 0.3) is 5.91 Å². The first kappa shape index (κ1) is 22.6. The van der Waals surface area contributed by atoms with E-state index >= 15 is 0 Å². The van der Waals surface area contributed by atoms with Crippen LogP contribution >= 0.6 is 0 Å². The van der Waals surface area contributed by atoms with E-state index in [0.717, 1.165) is 53.1 Å². The maximum absolute atomic E-state index is 12.5. The predicted molar refractivity (Wildman–Crippen MR) is 133 cm³/mol. The molecule has 33 heavy (non-hydrogen) atoms. The van der Waals surface area contributed by atoms with Crippen molar-refractivity contribution in [1.82, 2.24) is 14.9 Å². The molecule has 0 saturated carbocycles. The highest BCUT2D eigenvalue weighted by molar-refractivity contribution is 5.94. The maximum atomic E-state index is 12.5. The molecule has 5 heteroatoms. The molecule has 1 N–H and O–H groups in total. The van der Waals surface area contributed by atoms with Gasteiger partial charge in [-0.2, -0.15) is 0 Å². The van der Waals surface area contributed by atoms with Gasteiger partial charge in [-0.1, -0.05) is 48.0 Å². The lowest BCUT2D eigenvalue weighted by molar-refractivity contribution is 0.0954. The number of carbonyl (C=O) groups is 1. The number of aromatic nitrogens is 2. The lowest BCUT2D eigenvalue weighted by Crippen LogP contribution is -2.26. The summed E-state index contributed by atoms with van der Waals surface area (Å²) in [5.74, 6) is 1.91. The highest BCUT2D eigenvalue weighted by atomic mass is 16.5. The number of benzene rings is 3. The van der Waals surface area contributed by atoms with Crippen molar-refractivity contribution >= 4 is 16.9 Å². The molecule has 0 unspecified atom stereocenters. The Bertz CT molecular complexity index is 1230. The van der Waals surface area contributed by atoms with Crippen molar-refractivity contribution in [1.29, 1.82) is 0 Å². The molecule has 4 aromatic rings. The lowest BCUT2D eigenvalue weighted by atomic mass is 10.1. The molecule has 0 saturated heterocycles. The summed E-state index contributed by atoms with van der Waals surface area (Å²) in [6.45, 7) is 6.17. The Balaban J connectivity index is 1.34. The quantitative estimate of drug-likeness (QED) is 0.331. The summed E-state index contributed by atoms with van der Waals surface area (Å²) in [7, 11) is 0. The van der Waals surface area contributed by atoms with E-state index < -0.39 is 0 Å². The number of para-hydroxylation sites is 3. The molecule has 0 spiro atoms. The van der Waals surface area contributed by atoms with Crippen LogP contribution in [0.5, 0.6) is 5.75 Å². The molecule has 5 nitrogen and oxygen atoms in total. The molecule has 170 valence electrons. The van der Waals surface area contributed by atoms with Crippen LogP contribution in [0.2, 0.25) is 0 Å². The van der Waals surface area contributed by atoms with Crippen LogP contribution in [0.3, 0.4) is 0 Å². The van der Waals surface area contributed by atoms with E-state index in [1.807, 2.05) is 67.6 Å². The van der Waals surface area contributed by atoms with Crippen molar-refractivity contribution in [2.45, 2.75) is 39.7 Å². The van der Waals surface area contributed by atoms with Crippen molar-refractivity contribution < 1.29 is 9.53 Å². The molecule has 0 radical (unpaired) electrons. The topological polar surface area (TPSA) is 56.2 Å². The fourth-order valence-corrected chi connectivity index (χ4v) is 4.01. The van der Waals surface area contributed by atoms with Crippen molar-refractivity contribution in [3.05, 3.63) is 95.3 Å². The van der Waals surface area contributed by atoms with E-state index in [9.17, 15) is 4.79 Å². The number of carbonyl (C=O) groups excluding carboxylic acids is 1. The lowest BCUT2D eigenvalue weighted by Gasteiger charge is -2.11. The molecule has 0 aliphatic heterocycles. The molecule has 0 atom stereocenters. The normalized spacial score (nSPS) is 11.0. The molecule has 4 rings (SSSR count). The number of ether oxygens (including phenoxy) is 1.